The van der Waals surface area contributed by atoms with E-state index in [2.05, 4.69) is 30.9 Å². The van der Waals surface area contributed by atoms with Crippen LogP contribution >= 0.6 is 11.8 Å². The smallest absolute Gasteiger partial charge is 0.260 e. The highest BCUT2D eigenvalue weighted by Crippen LogP contribution is 2.28. The number of rotatable bonds is 3. The number of nitrogens with zero attached hydrogens (tertiary/aromatic N) is 2. The first-order valence-corrected chi connectivity index (χ1v) is 6.76. The summed E-state index contributed by atoms with van der Waals surface area (Å²) in [6, 6.07) is 7.48. The molecule has 2 rings (SSSR count). The predicted molar refractivity (Wildman–Crippen MR) is 75.2 cm³/mol. The number of nitrogens with two attached hydrogens (primary N) is 1. The van der Waals surface area contributed by atoms with Gasteiger partial charge < -0.3 is 10.3 Å². The van der Waals surface area contributed by atoms with Crippen molar-refractivity contribution < 1.29 is 4.52 Å². The fourth-order valence-corrected chi connectivity index (χ4v) is 2.07. The van der Waals surface area contributed by atoms with Crippen molar-refractivity contribution in [2.75, 3.05) is 5.73 Å². The van der Waals surface area contributed by atoms with Crippen LogP contribution in [0.15, 0.2) is 28.8 Å². The molecule has 96 valence electrons. The van der Waals surface area contributed by atoms with Gasteiger partial charge in [-0.2, -0.15) is 4.98 Å². The molecule has 18 heavy (non-hydrogen) atoms. The molecule has 0 saturated heterocycles. The lowest BCUT2D eigenvalue weighted by molar-refractivity contribution is 0.425. The molecule has 0 amide bonds. The van der Waals surface area contributed by atoms with Gasteiger partial charge in [-0.1, -0.05) is 38.1 Å². The Morgan fingerprint density at radius 1 is 1.28 bits per heavy atom. The standard InChI is InChI=1S/C13H17N3OS/c1-13(2,3)18-8-11-15-12(17-16-11)9-6-4-5-7-10(9)14/h4-7H,8,14H2,1-3H3. The van der Waals surface area contributed by atoms with E-state index in [1.807, 2.05) is 24.3 Å². The van der Waals surface area contributed by atoms with Crippen molar-refractivity contribution in [1.29, 1.82) is 0 Å². The minimum absolute atomic E-state index is 0.187. The Balaban J connectivity index is 2.14. The van der Waals surface area contributed by atoms with Crippen molar-refractivity contribution in [3.63, 3.8) is 0 Å². The first-order chi connectivity index (χ1) is 8.46. The summed E-state index contributed by atoms with van der Waals surface area (Å²) >= 11 is 1.78. The Morgan fingerprint density at radius 3 is 2.67 bits per heavy atom. The second kappa shape index (κ2) is 5.02. The zero-order valence-corrected chi connectivity index (χ0v) is 11.6. The zero-order valence-electron chi connectivity index (χ0n) is 10.8. The number of benzene rings is 1. The molecule has 0 spiro atoms. The van der Waals surface area contributed by atoms with E-state index in [9.17, 15) is 0 Å². The molecule has 0 bridgehead atoms. The molecule has 5 heteroatoms. The van der Waals surface area contributed by atoms with Gasteiger partial charge in [0.05, 0.1) is 11.3 Å². The van der Waals surface area contributed by atoms with Crippen LogP contribution in [0.5, 0.6) is 0 Å². The lowest BCUT2D eigenvalue weighted by Crippen LogP contribution is -2.07. The Labute approximate surface area is 111 Å². The Kier molecular flexibility index (Phi) is 3.61. The van der Waals surface area contributed by atoms with E-state index in [4.69, 9.17) is 10.3 Å². The van der Waals surface area contributed by atoms with Crippen LogP contribution < -0.4 is 5.73 Å². The topological polar surface area (TPSA) is 64.9 Å². The van der Waals surface area contributed by atoms with Crippen LogP contribution in [0, 0.1) is 0 Å². The maximum absolute atomic E-state index is 5.87. The lowest BCUT2D eigenvalue weighted by Gasteiger charge is -2.15. The van der Waals surface area contributed by atoms with Crippen molar-refractivity contribution in [3.8, 4) is 11.5 Å². The normalized spacial score (nSPS) is 11.7. The summed E-state index contributed by atoms with van der Waals surface area (Å²) in [5.41, 5.74) is 7.31. The fraction of sp³-hybridized carbons (Fsp3) is 0.385. The summed E-state index contributed by atoms with van der Waals surface area (Å²) in [5, 5.41) is 3.97. The summed E-state index contributed by atoms with van der Waals surface area (Å²) in [6.07, 6.45) is 0. The zero-order chi connectivity index (χ0) is 13.2. The average molecular weight is 263 g/mol. The molecule has 0 saturated carbocycles. The van der Waals surface area contributed by atoms with Gasteiger partial charge in [0, 0.05) is 10.4 Å². The van der Waals surface area contributed by atoms with E-state index in [1.165, 1.54) is 0 Å². The fourth-order valence-electron chi connectivity index (χ4n) is 1.39. The van der Waals surface area contributed by atoms with E-state index >= 15 is 0 Å². The molecule has 1 aromatic carbocycles. The Hall–Kier alpha value is -1.49. The van der Waals surface area contributed by atoms with Gasteiger partial charge in [0.15, 0.2) is 5.82 Å². The van der Waals surface area contributed by atoms with Crippen molar-refractivity contribution in [2.45, 2.75) is 31.3 Å². The molecule has 0 unspecified atom stereocenters. The Bertz CT molecular complexity index is 531. The van der Waals surface area contributed by atoms with E-state index in [0.29, 0.717) is 17.4 Å². The van der Waals surface area contributed by atoms with E-state index in [0.717, 1.165) is 11.3 Å². The highest BCUT2D eigenvalue weighted by molar-refractivity contribution is 7.99. The van der Waals surface area contributed by atoms with Crippen molar-refractivity contribution in [2.24, 2.45) is 0 Å². The summed E-state index contributed by atoms with van der Waals surface area (Å²) in [4.78, 5) is 4.37. The molecular weight excluding hydrogens is 246 g/mol. The van der Waals surface area contributed by atoms with Gasteiger partial charge >= 0.3 is 0 Å². The molecule has 1 heterocycles. The largest absolute Gasteiger partial charge is 0.398 e. The third-order valence-corrected chi connectivity index (χ3v) is 3.56. The van der Waals surface area contributed by atoms with Crippen LogP contribution in [0.2, 0.25) is 0 Å². The van der Waals surface area contributed by atoms with E-state index in [-0.39, 0.29) is 4.75 Å². The van der Waals surface area contributed by atoms with Gasteiger partial charge in [-0.15, -0.1) is 11.8 Å². The first-order valence-electron chi connectivity index (χ1n) is 5.77. The minimum Gasteiger partial charge on any atom is -0.398 e. The van der Waals surface area contributed by atoms with Crippen LogP contribution in [0.25, 0.3) is 11.5 Å². The van der Waals surface area contributed by atoms with Gasteiger partial charge in [-0.25, -0.2) is 0 Å². The predicted octanol–water partition coefficient (Wildman–Crippen LogP) is 3.35. The number of thioether (sulfide) groups is 1. The molecule has 2 aromatic rings. The average Bonchev–Trinajstić information content (AvgIpc) is 2.75. The number of para-hydroxylation sites is 1. The maximum Gasteiger partial charge on any atom is 0.260 e. The monoisotopic (exact) mass is 263 g/mol. The third-order valence-electron chi connectivity index (χ3n) is 2.29. The lowest BCUT2D eigenvalue weighted by atomic mass is 10.2. The van der Waals surface area contributed by atoms with Crippen LogP contribution in [0.4, 0.5) is 5.69 Å². The van der Waals surface area contributed by atoms with Crippen LogP contribution in [-0.2, 0) is 5.75 Å². The molecule has 1 aromatic heterocycles. The molecule has 0 aliphatic heterocycles. The van der Waals surface area contributed by atoms with E-state index in [1.54, 1.807) is 11.8 Å². The second-order valence-electron chi connectivity index (χ2n) is 5.00. The number of hydrogen-bond acceptors (Lipinski definition) is 5. The van der Waals surface area contributed by atoms with Gasteiger partial charge in [-0.3, -0.25) is 0 Å². The van der Waals surface area contributed by atoms with Gasteiger partial charge in [-0.05, 0) is 12.1 Å². The molecule has 0 aliphatic carbocycles. The second-order valence-corrected chi connectivity index (χ2v) is 6.81. The molecule has 0 aliphatic rings. The number of aromatic nitrogens is 2. The van der Waals surface area contributed by atoms with E-state index < -0.39 is 0 Å². The van der Waals surface area contributed by atoms with Crippen molar-refractivity contribution in [1.82, 2.24) is 10.1 Å². The Morgan fingerprint density at radius 2 is 2.00 bits per heavy atom. The summed E-state index contributed by atoms with van der Waals surface area (Å²) in [6.45, 7) is 6.48. The van der Waals surface area contributed by atoms with Crippen molar-refractivity contribution >= 4 is 17.4 Å². The van der Waals surface area contributed by atoms with Crippen LogP contribution in [0.3, 0.4) is 0 Å². The molecule has 4 nitrogen and oxygen atoms in total. The van der Waals surface area contributed by atoms with Crippen LogP contribution in [-0.4, -0.2) is 14.9 Å². The third kappa shape index (κ3) is 3.26. The molecular formula is C13H17N3OS. The molecule has 0 fully saturated rings. The SMILES string of the molecule is CC(C)(C)SCc1noc(-c2ccccc2N)n1. The summed E-state index contributed by atoms with van der Waals surface area (Å²) < 4.78 is 5.43. The van der Waals surface area contributed by atoms with Crippen molar-refractivity contribution in [3.05, 3.63) is 30.1 Å². The minimum atomic E-state index is 0.187. The summed E-state index contributed by atoms with van der Waals surface area (Å²) in [7, 11) is 0. The maximum atomic E-state index is 5.87. The molecule has 0 radical (unpaired) electrons. The molecule has 0 atom stereocenters. The first kappa shape index (κ1) is 13.0. The number of nitrogen functional groups attached to an aromatic ring is 1. The quantitative estimate of drug-likeness (QED) is 0.860. The number of anilines is 1. The summed E-state index contributed by atoms with van der Waals surface area (Å²) in [5.74, 6) is 1.92. The van der Waals surface area contributed by atoms with Gasteiger partial charge in [0.25, 0.3) is 5.89 Å². The van der Waals surface area contributed by atoms with Crippen LogP contribution in [0.1, 0.15) is 26.6 Å². The van der Waals surface area contributed by atoms with Gasteiger partial charge in [0.1, 0.15) is 0 Å². The number of hydrogen-bond donors (Lipinski definition) is 1. The molecule has 2 N–H and O–H groups in total. The van der Waals surface area contributed by atoms with Gasteiger partial charge in [0.2, 0.25) is 0 Å². The highest BCUT2D eigenvalue weighted by Gasteiger charge is 2.15. The highest BCUT2D eigenvalue weighted by atomic mass is 32.2.